The lowest BCUT2D eigenvalue weighted by Crippen LogP contribution is -2.12. The first-order chi connectivity index (χ1) is 8.29. The predicted molar refractivity (Wildman–Crippen MR) is 61.6 cm³/mol. The summed E-state index contributed by atoms with van der Waals surface area (Å²) in [4.78, 5) is 7.97. The van der Waals surface area contributed by atoms with Crippen LogP contribution in [0.3, 0.4) is 0 Å². The molecule has 0 aliphatic heterocycles. The topological polar surface area (TPSA) is 77.8 Å². The average molecular weight is 256 g/mol. The van der Waals surface area contributed by atoms with Crippen LogP contribution in [-0.2, 0) is 6.18 Å². The van der Waals surface area contributed by atoms with E-state index in [1.54, 1.807) is 6.92 Å². The molecule has 0 fully saturated rings. The van der Waals surface area contributed by atoms with Gasteiger partial charge in [-0.3, -0.25) is 0 Å². The molecule has 1 heterocycles. The molecule has 7 heteroatoms. The number of nitrogens with zero attached hydrogens (tertiary/aromatic N) is 2. The summed E-state index contributed by atoms with van der Waals surface area (Å²) in [5, 5.41) is 0.175. The van der Waals surface area contributed by atoms with Gasteiger partial charge in [0, 0.05) is 5.39 Å². The van der Waals surface area contributed by atoms with Gasteiger partial charge in [0.05, 0.1) is 17.1 Å². The van der Waals surface area contributed by atoms with Gasteiger partial charge in [-0.25, -0.2) is 9.97 Å². The highest BCUT2D eigenvalue weighted by Gasteiger charge is 2.30. The van der Waals surface area contributed by atoms with Gasteiger partial charge < -0.3 is 11.5 Å². The van der Waals surface area contributed by atoms with Gasteiger partial charge in [-0.15, -0.1) is 0 Å². The van der Waals surface area contributed by atoms with E-state index in [9.17, 15) is 13.2 Å². The maximum Gasteiger partial charge on any atom is 0.416 e. The quantitative estimate of drug-likeness (QED) is 0.820. The van der Waals surface area contributed by atoms with Crippen molar-refractivity contribution >= 4 is 16.7 Å². The second-order valence-electron chi connectivity index (χ2n) is 3.99. The molecule has 96 valence electrons. The van der Waals surface area contributed by atoms with E-state index in [1.165, 1.54) is 6.07 Å². The molecule has 0 aliphatic rings. The smallest absolute Gasteiger partial charge is 0.383 e. The molecule has 4 nitrogen and oxygen atoms in total. The van der Waals surface area contributed by atoms with Crippen molar-refractivity contribution in [1.29, 1.82) is 0 Å². The van der Waals surface area contributed by atoms with Crippen molar-refractivity contribution in [2.45, 2.75) is 19.1 Å². The second kappa shape index (κ2) is 4.09. The summed E-state index contributed by atoms with van der Waals surface area (Å²) in [6.07, 6.45) is -4.42. The molecular formula is C11H11F3N4. The van der Waals surface area contributed by atoms with Crippen LogP contribution in [0.5, 0.6) is 0 Å². The molecule has 1 atom stereocenters. The molecule has 1 aromatic heterocycles. The number of hydrogen-bond donors (Lipinski definition) is 2. The molecule has 2 rings (SSSR count). The Morgan fingerprint density at radius 2 is 1.89 bits per heavy atom. The summed E-state index contributed by atoms with van der Waals surface area (Å²) < 4.78 is 37.7. The Hall–Kier alpha value is -1.89. The highest BCUT2D eigenvalue weighted by Crippen LogP contribution is 2.32. The summed E-state index contributed by atoms with van der Waals surface area (Å²) in [6.45, 7) is 1.67. The van der Waals surface area contributed by atoms with Gasteiger partial charge in [0.25, 0.3) is 0 Å². The van der Waals surface area contributed by atoms with Crippen LogP contribution in [0.25, 0.3) is 10.9 Å². The molecule has 1 unspecified atom stereocenters. The van der Waals surface area contributed by atoms with Crippen LogP contribution in [0.4, 0.5) is 19.0 Å². The van der Waals surface area contributed by atoms with Crippen molar-refractivity contribution in [2.75, 3.05) is 5.73 Å². The molecule has 0 bridgehead atoms. The summed E-state index contributed by atoms with van der Waals surface area (Å²) in [6, 6.07) is 2.73. The second-order valence-corrected chi connectivity index (χ2v) is 3.99. The Labute approximate surface area is 101 Å². The number of fused-ring (bicyclic) bond motifs is 1. The van der Waals surface area contributed by atoms with E-state index in [1.807, 2.05) is 0 Å². The molecule has 18 heavy (non-hydrogen) atoms. The highest BCUT2D eigenvalue weighted by molar-refractivity contribution is 5.88. The molecule has 0 saturated heterocycles. The standard InChI is InChI=1S/C11H11F3N4/c1-5(15)10-17-8-3-2-6(11(12,13)14)4-7(8)9(16)18-10/h2-5H,15H2,1H3,(H2,16,17,18). The SMILES string of the molecule is CC(N)c1nc(N)c2cc(C(F)(F)F)ccc2n1. The van der Waals surface area contributed by atoms with Crippen LogP contribution >= 0.6 is 0 Å². The predicted octanol–water partition coefficient (Wildman–Crippen LogP) is 2.25. The third-order valence-electron chi connectivity index (χ3n) is 2.48. The van der Waals surface area contributed by atoms with Crippen LogP contribution in [0.2, 0.25) is 0 Å². The van der Waals surface area contributed by atoms with E-state index in [0.717, 1.165) is 12.1 Å². The molecule has 0 radical (unpaired) electrons. The Bertz CT molecular complexity index is 593. The first-order valence-corrected chi connectivity index (χ1v) is 5.19. The molecule has 2 aromatic rings. The summed E-state index contributed by atoms with van der Waals surface area (Å²) in [5.41, 5.74) is 10.8. The monoisotopic (exact) mass is 256 g/mol. The van der Waals surface area contributed by atoms with Crippen molar-refractivity contribution in [3.8, 4) is 0 Å². The van der Waals surface area contributed by atoms with Gasteiger partial charge in [-0.1, -0.05) is 0 Å². The Balaban J connectivity index is 2.66. The Morgan fingerprint density at radius 3 is 2.44 bits per heavy atom. The van der Waals surface area contributed by atoms with Crippen molar-refractivity contribution in [3.63, 3.8) is 0 Å². The van der Waals surface area contributed by atoms with E-state index >= 15 is 0 Å². The molecule has 1 aromatic carbocycles. The maximum atomic E-state index is 12.6. The molecular weight excluding hydrogens is 245 g/mol. The Morgan fingerprint density at radius 1 is 1.22 bits per heavy atom. The van der Waals surface area contributed by atoms with Crippen molar-refractivity contribution in [3.05, 3.63) is 29.6 Å². The molecule has 4 N–H and O–H groups in total. The van der Waals surface area contributed by atoms with E-state index < -0.39 is 17.8 Å². The number of benzene rings is 1. The maximum absolute atomic E-state index is 12.6. The third-order valence-corrected chi connectivity index (χ3v) is 2.48. The number of rotatable bonds is 1. The number of aromatic nitrogens is 2. The number of nitrogens with two attached hydrogens (primary N) is 2. The largest absolute Gasteiger partial charge is 0.416 e. The van der Waals surface area contributed by atoms with Crippen molar-refractivity contribution in [2.24, 2.45) is 5.73 Å². The highest BCUT2D eigenvalue weighted by atomic mass is 19.4. The first-order valence-electron chi connectivity index (χ1n) is 5.19. The summed E-state index contributed by atoms with van der Waals surface area (Å²) in [7, 11) is 0. The lowest BCUT2D eigenvalue weighted by Gasteiger charge is -2.10. The fourth-order valence-corrected chi connectivity index (χ4v) is 1.55. The molecule has 0 spiro atoms. The zero-order valence-electron chi connectivity index (χ0n) is 9.49. The fraction of sp³-hybridized carbons (Fsp3) is 0.273. The number of halogens is 3. The zero-order valence-corrected chi connectivity index (χ0v) is 9.49. The number of alkyl halides is 3. The van der Waals surface area contributed by atoms with Crippen LogP contribution < -0.4 is 11.5 Å². The van der Waals surface area contributed by atoms with E-state index in [2.05, 4.69) is 9.97 Å². The van der Waals surface area contributed by atoms with Crippen molar-refractivity contribution in [1.82, 2.24) is 9.97 Å². The third kappa shape index (κ3) is 2.21. The molecule has 0 aliphatic carbocycles. The number of nitrogen functional groups attached to an aromatic ring is 1. The summed E-state index contributed by atoms with van der Waals surface area (Å²) in [5.74, 6) is 0.304. The minimum absolute atomic E-state index is 0.00148. The van der Waals surface area contributed by atoms with Gasteiger partial charge >= 0.3 is 6.18 Å². The van der Waals surface area contributed by atoms with Crippen LogP contribution in [0.1, 0.15) is 24.4 Å². The van der Waals surface area contributed by atoms with Gasteiger partial charge in [0.2, 0.25) is 0 Å². The summed E-state index contributed by atoms with van der Waals surface area (Å²) >= 11 is 0. The first kappa shape index (κ1) is 12.6. The number of anilines is 1. The lowest BCUT2D eigenvalue weighted by molar-refractivity contribution is -0.137. The minimum Gasteiger partial charge on any atom is -0.383 e. The minimum atomic E-state index is -4.42. The lowest BCUT2D eigenvalue weighted by atomic mass is 10.1. The average Bonchev–Trinajstić information content (AvgIpc) is 2.27. The fourth-order valence-electron chi connectivity index (χ4n) is 1.55. The Kier molecular flexibility index (Phi) is 2.86. The van der Waals surface area contributed by atoms with E-state index in [4.69, 9.17) is 11.5 Å². The van der Waals surface area contributed by atoms with Gasteiger partial charge in [-0.2, -0.15) is 13.2 Å². The normalized spacial score (nSPS) is 13.8. The van der Waals surface area contributed by atoms with Crippen LogP contribution in [0.15, 0.2) is 18.2 Å². The number of hydrogen-bond acceptors (Lipinski definition) is 4. The van der Waals surface area contributed by atoms with E-state index in [-0.39, 0.29) is 11.2 Å². The van der Waals surface area contributed by atoms with E-state index in [0.29, 0.717) is 11.3 Å². The van der Waals surface area contributed by atoms with Gasteiger partial charge in [-0.05, 0) is 25.1 Å². The van der Waals surface area contributed by atoms with Gasteiger partial charge in [0.15, 0.2) is 0 Å². The molecule has 0 amide bonds. The van der Waals surface area contributed by atoms with Crippen LogP contribution in [0, 0.1) is 0 Å². The van der Waals surface area contributed by atoms with Crippen LogP contribution in [-0.4, -0.2) is 9.97 Å². The van der Waals surface area contributed by atoms with Crippen molar-refractivity contribution < 1.29 is 13.2 Å². The molecule has 0 saturated carbocycles. The zero-order chi connectivity index (χ0) is 13.5. The van der Waals surface area contributed by atoms with Gasteiger partial charge in [0.1, 0.15) is 11.6 Å².